The first kappa shape index (κ1) is 17.5. The third-order valence-corrected chi connectivity index (χ3v) is 4.22. The van der Waals surface area contributed by atoms with Gasteiger partial charge in [0, 0.05) is 24.7 Å². The molecule has 0 aromatic carbocycles. The van der Waals surface area contributed by atoms with Crippen LogP contribution in [0.5, 0.6) is 0 Å². The van der Waals surface area contributed by atoms with E-state index < -0.39 is 0 Å². The summed E-state index contributed by atoms with van der Waals surface area (Å²) in [7, 11) is 0. The number of nitrogens with zero attached hydrogens (tertiary/aromatic N) is 4. The van der Waals surface area contributed by atoms with Gasteiger partial charge in [0.15, 0.2) is 11.6 Å². The summed E-state index contributed by atoms with van der Waals surface area (Å²) in [5.74, 6) is 0.687. The summed E-state index contributed by atoms with van der Waals surface area (Å²) in [5, 5.41) is 2.87. The fraction of sp³-hybridized carbons (Fsp3) is 0.0952. The summed E-state index contributed by atoms with van der Waals surface area (Å²) in [6, 6.07) is 14.4. The van der Waals surface area contributed by atoms with E-state index in [9.17, 15) is 4.79 Å². The van der Waals surface area contributed by atoms with E-state index >= 15 is 0 Å². The van der Waals surface area contributed by atoms with Gasteiger partial charge in [0.25, 0.3) is 0 Å². The number of hydrogen-bond donors (Lipinski definition) is 1. The van der Waals surface area contributed by atoms with E-state index in [1.165, 1.54) is 0 Å². The zero-order valence-electron chi connectivity index (χ0n) is 15.1. The Morgan fingerprint density at radius 1 is 1.04 bits per heavy atom. The van der Waals surface area contributed by atoms with Crippen LogP contribution in [0.1, 0.15) is 18.4 Å². The molecule has 1 unspecified atom stereocenters. The average molecular weight is 371 g/mol. The number of nitrogens with one attached hydrogen (secondary N) is 1. The van der Waals surface area contributed by atoms with Gasteiger partial charge in [0.1, 0.15) is 5.82 Å². The van der Waals surface area contributed by atoms with E-state index in [1.54, 1.807) is 49.1 Å². The Morgan fingerprint density at radius 2 is 1.96 bits per heavy atom. The molecule has 0 aliphatic rings. The second-order valence-electron chi connectivity index (χ2n) is 6.15. The first-order valence-corrected chi connectivity index (χ1v) is 8.76. The van der Waals surface area contributed by atoms with Crippen molar-refractivity contribution < 1.29 is 9.21 Å². The average Bonchev–Trinajstić information content (AvgIpc) is 3.29. The fourth-order valence-electron chi connectivity index (χ4n) is 2.69. The van der Waals surface area contributed by atoms with Crippen molar-refractivity contribution in [2.24, 2.45) is 0 Å². The van der Waals surface area contributed by atoms with Gasteiger partial charge in [-0.05, 0) is 42.8 Å². The van der Waals surface area contributed by atoms with Gasteiger partial charge in [-0.3, -0.25) is 14.8 Å². The van der Waals surface area contributed by atoms with E-state index in [2.05, 4.69) is 25.3 Å². The van der Waals surface area contributed by atoms with Crippen molar-refractivity contribution in [1.29, 1.82) is 0 Å². The number of carbonyl (C=O) groups excluding carboxylic acids is 1. The predicted molar refractivity (Wildman–Crippen MR) is 104 cm³/mol. The van der Waals surface area contributed by atoms with E-state index in [4.69, 9.17) is 4.42 Å². The molecule has 0 aliphatic carbocycles. The van der Waals surface area contributed by atoms with Gasteiger partial charge in [-0.2, -0.15) is 0 Å². The SMILES string of the molecule is CC(C(=O)Nc1cc(-c2ccccn2)nc(-c2ccco2)n1)c1cccnc1. The Bertz CT molecular complexity index is 1070. The van der Waals surface area contributed by atoms with Crippen molar-refractivity contribution in [2.75, 3.05) is 5.32 Å². The minimum Gasteiger partial charge on any atom is -0.461 e. The fourth-order valence-corrected chi connectivity index (χ4v) is 2.69. The molecule has 138 valence electrons. The number of amides is 1. The van der Waals surface area contributed by atoms with Crippen LogP contribution >= 0.6 is 0 Å². The molecule has 1 amide bonds. The van der Waals surface area contributed by atoms with Crippen molar-refractivity contribution in [2.45, 2.75) is 12.8 Å². The Balaban J connectivity index is 1.68. The van der Waals surface area contributed by atoms with Crippen LogP contribution in [0.15, 0.2) is 77.8 Å². The maximum atomic E-state index is 12.7. The third kappa shape index (κ3) is 3.78. The highest BCUT2D eigenvalue weighted by Crippen LogP contribution is 2.24. The number of anilines is 1. The monoisotopic (exact) mass is 371 g/mol. The van der Waals surface area contributed by atoms with E-state index in [1.807, 2.05) is 31.2 Å². The zero-order chi connectivity index (χ0) is 19.3. The van der Waals surface area contributed by atoms with Crippen LogP contribution < -0.4 is 5.32 Å². The molecule has 0 saturated carbocycles. The Hall–Kier alpha value is -3.87. The van der Waals surface area contributed by atoms with Crippen LogP contribution in [-0.2, 0) is 4.79 Å². The number of carbonyl (C=O) groups is 1. The molecule has 0 aliphatic heterocycles. The summed E-state index contributed by atoms with van der Waals surface area (Å²) in [5.41, 5.74) is 2.09. The van der Waals surface area contributed by atoms with Gasteiger partial charge in [-0.15, -0.1) is 0 Å². The summed E-state index contributed by atoms with van der Waals surface area (Å²) < 4.78 is 5.42. The largest absolute Gasteiger partial charge is 0.461 e. The summed E-state index contributed by atoms with van der Waals surface area (Å²) in [6.07, 6.45) is 6.59. The van der Waals surface area contributed by atoms with Crippen molar-refractivity contribution in [3.63, 3.8) is 0 Å². The number of pyridine rings is 2. The van der Waals surface area contributed by atoms with Crippen molar-refractivity contribution >= 4 is 11.7 Å². The van der Waals surface area contributed by atoms with E-state index in [0.717, 1.165) is 5.56 Å². The second-order valence-corrected chi connectivity index (χ2v) is 6.15. The quantitative estimate of drug-likeness (QED) is 0.571. The number of furan rings is 1. The van der Waals surface area contributed by atoms with Crippen LogP contribution in [0.25, 0.3) is 23.0 Å². The molecule has 0 bridgehead atoms. The summed E-state index contributed by atoms with van der Waals surface area (Å²) >= 11 is 0. The number of hydrogen-bond acceptors (Lipinski definition) is 6. The molecule has 4 heterocycles. The van der Waals surface area contributed by atoms with Gasteiger partial charge >= 0.3 is 0 Å². The molecule has 7 heteroatoms. The van der Waals surface area contributed by atoms with Crippen LogP contribution in [0.3, 0.4) is 0 Å². The highest BCUT2D eigenvalue weighted by molar-refractivity contribution is 5.95. The topological polar surface area (TPSA) is 93.8 Å². The Labute approximate surface area is 161 Å². The Kier molecular flexibility index (Phi) is 4.88. The normalized spacial score (nSPS) is 11.8. The first-order valence-electron chi connectivity index (χ1n) is 8.76. The first-order chi connectivity index (χ1) is 13.7. The molecule has 4 aromatic rings. The number of rotatable bonds is 5. The lowest BCUT2D eigenvalue weighted by molar-refractivity contribution is -0.117. The Morgan fingerprint density at radius 3 is 2.68 bits per heavy atom. The molecule has 0 saturated heterocycles. The molecule has 0 spiro atoms. The van der Waals surface area contributed by atoms with Crippen molar-refractivity contribution in [3.8, 4) is 23.0 Å². The molecule has 1 atom stereocenters. The predicted octanol–water partition coefficient (Wildman–Crippen LogP) is 3.94. The van der Waals surface area contributed by atoms with Gasteiger partial charge in [-0.25, -0.2) is 9.97 Å². The smallest absolute Gasteiger partial charge is 0.232 e. The molecule has 28 heavy (non-hydrogen) atoms. The van der Waals surface area contributed by atoms with Gasteiger partial charge in [0.2, 0.25) is 5.91 Å². The highest BCUT2D eigenvalue weighted by Gasteiger charge is 2.18. The van der Waals surface area contributed by atoms with E-state index in [-0.39, 0.29) is 11.8 Å². The molecular weight excluding hydrogens is 354 g/mol. The molecule has 0 radical (unpaired) electrons. The van der Waals surface area contributed by atoms with E-state index in [0.29, 0.717) is 28.8 Å². The lowest BCUT2D eigenvalue weighted by Crippen LogP contribution is -2.20. The standard InChI is InChI=1S/C21H17N5O2/c1-14(15-6-4-9-22-13-15)21(27)26-19-12-17(16-7-2-3-10-23-16)24-20(25-19)18-8-5-11-28-18/h2-14H,1H3,(H,24,25,26,27). The molecule has 0 fully saturated rings. The molecular formula is C21H17N5O2. The lowest BCUT2D eigenvalue weighted by atomic mass is 10.0. The minimum atomic E-state index is -0.381. The zero-order valence-corrected chi connectivity index (χ0v) is 15.1. The van der Waals surface area contributed by atoms with Crippen molar-refractivity contribution in [1.82, 2.24) is 19.9 Å². The highest BCUT2D eigenvalue weighted by atomic mass is 16.3. The minimum absolute atomic E-state index is 0.191. The summed E-state index contributed by atoms with van der Waals surface area (Å²) in [4.78, 5) is 30.1. The van der Waals surface area contributed by atoms with Gasteiger partial charge in [0.05, 0.1) is 23.6 Å². The second kappa shape index (κ2) is 7.79. The lowest BCUT2D eigenvalue weighted by Gasteiger charge is -2.13. The molecule has 4 aromatic heterocycles. The van der Waals surface area contributed by atoms with Gasteiger partial charge < -0.3 is 9.73 Å². The van der Waals surface area contributed by atoms with Gasteiger partial charge in [-0.1, -0.05) is 12.1 Å². The molecule has 1 N–H and O–H groups in total. The maximum absolute atomic E-state index is 12.7. The van der Waals surface area contributed by atoms with Crippen LogP contribution in [0.2, 0.25) is 0 Å². The molecule has 7 nitrogen and oxygen atoms in total. The molecule has 4 rings (SSSR count). The maximum Gasteiger partial charge on any atom is 0.232 e. The van der Waals surface area contributed by atoms with Crippen LogP contribution in [0.4, 0.5) is 5.82 Å². The van der Waals surface area contributed by atoms with Crippen molar-refractivity contribution in [3.05, 3.63) is 78.9 Å². The third-order valence-electron chi connectivity index (χ3n) is 4.22. The number of aromatic nitrogens is 4. The van der Waals surface area contributed by atoms with Crippen LogP contribution in [0, 0.1) is 0 Å². The summed E-state index contributed by atoms with van der Waals surface area (Å²) in [6.45, 7) is 1.82. The van der Waals surface area contributed by atoms with Crippen LogP contribution in [-0.4, -0.2) is 25.8 Å².